The zero-order chi connectivity index (χ0) is 19.6. The first-order chi connectivity index (χ1) is 12.8. The van der Waals surface area contributed by atoms with Crippen LogP contribution in [-0.4, -0.2) is 24.5 Å². The Morgan fingerprint density at radius 3 is 2.70 bits per heavy atom. The van der Waals surface area contributed by atoms with E-state index in [0.717, 1.165) is 16.9 Å². The Hall–Kier alpha value is -3.02. The van der Waals surface area contributed by atoms with Crippen molar-refractivity contribution in [3.05, 3.63) is 47.5 Å². The molecule has 142 valence electrons. The van der Waals surface area contributed by atoms with Crippen LogP contribution < -0.4 is 20.1 Å². The number of rotatable bonds is 5. The molecule has 0 fully saturated rings. The van der Waals surface area contributed by atoms with Crippen LogP contribution in [0.5, 0.6) is 11.5 Å². The van der Waals surface area contributed by atoms with Crippen molar-refractivity contribution in [2.45, 2.75) is 39.7 Å². The van der Waals surface area contributed by atoms with Crippen LogP contribution in [0.15, 0.2) is 36.4 Å². The summed E-state index contributed by atoms with van der Waals surface area (Å²) in [5.41, 5.74) is 3.24. The minimum absolute atomic E-state index is 0.00173. The fraction of sp³-hybridized carbons (Fsp3) is 0.333. The van der Waals surface area contributed by atoms with Gasteiger partial charge < -0.3 is 20.1 Å². The molecule has 1 unspecified atom stereocenters. The van der Waals surface area contributed by atoms with Crippen LogP contribution in [0.1, 0.15) is 37.8 Å². The number of aryl methyl sites for hydroxylation is 1. The lowest BCUT2D eigenvalue weighted by Gasteiger charge is -2.21. The quantitative estimate of drug-likeness (QED) is 0.840. The summed E-state index contributed by atoms with van der Waals surface area (Å²) >= 11 is 0. The van der Waals surface area contributed by atoms with Gasteiger partial charge in [0.2, 0.25) is 0 Å². The molecule has 1 heterocycles. The third kappa shape index (κ3) is 4.39. The van der Waals surface area contributed by atoms with Gasteiger partial charge in [0.25, 0.3) is 11.8 Å². The molecule has 0 saturated carbocycles. The van der Waals surface area contributed by atoms with Crippen molar-refractivity contribution in [2.24, 2.45) is 0 Å². The fourth-order valence-electron chi connectivity index (χ4n) is 2.87. The van der Waals surface area contributed by atoms with Crippen LogP contribution in [0.3, 0.4) is 0 Å². The van der Waals surface area contributed by atoms with E-state index < -0.39 is 6.10 Å². The van der Waals surface area contributed by atoms with Gasteiger partial charge in [-0.15, -0.1) is 0 Å². The molecular weight excluding hydrogens is 344 g/mol. The van der Waals surface area contributed by atoms with Gasteiger partial charge in [0.05, 0.1) is 5.69 Å². The van der Waals surface area contributed by atoms with Crippen LogP contribution in [0, 0.1) is 6.92 Å². The Bertz CT molecular complexity index is 876. The van der Waals surface area contributed by atoms with Crippen molar-refractivity contribution in [1.29, 1.82) is 0 Å². The van der Waals surface area contributed by atoms with E-state index in [2.05, 4.69) is 24.5 Å². The SMILES string of the molecule is Cc1ccc(C(C)C)c(OC(C)C(=O)Nc2ccc3c(c2)NC(=O)CO3)c1. The van der Waals surface area contributed by atoms with Gasteiger partial charge in [-0.3, -0.25) is 9.59 Å². The molecular formula is C21H24N2O4. The normalized spacial score (nSPS) is 14.0. The molecule has 6 heteroatoms. The average Bonchev–Trinajstić information content (AvgIpc) is 2.61. The van der Waals surface area contributed by atoms with E-state index in [1.807, 2.05) is 25.1 Å². The Morgan fingerprint density at radius 1 is 1.19 bits per heavy atom. The van der Waals surface area contributed by atoms with Gasteiger partial charge >= 0.3 is 0 Å². The summed E-state index contributed by atoms with van der Waals surface area (Å²) in [6, 6.07) is 11.1. The summed E-state index contributed by atoms with van der Waals surface area (Å²) < 4.78 is 11.3. The van der Waals surface area contributed by atoms with Crippen LogP contribution >= 0.6 is 0 Å². The van der Waals surface area contributed by atoms with Crippen LogP contribution in [0.2, 0.25) is 0 Å². The largest absolute Gasteiger partial charge is 0.482 e. The highest BCUT2D eigenvalue weighted by molar-refractivity contribution is 5.98. The van der Waals surface area contributed by atoms with Crippen LogP contribution in [0.25, 0.3) is 0 Å². The highest BCUT2D eigenvalue weighted by Gasteiger charge is 2.20. The Labute approximate surface area is 158 Å². The third-order valence-electron chi connectivity index (χ3n) is 4.34. The molecule has 0 spiro atoms. The van der Waals surface area contributed by atoms with E-state index in [0.29, 0.717) is 23.0 Å². The van der Waals surface area contributed by atoms with Crippen LogP contribution in [-0.2, 0) is 9.59 Å². The van der Waals surface area contributed by atoms with Gasteiger partial charge in [0, 0.05) is 5.69 Å². The van der Waals surface area contributed by atoms with Gasteiger partial charge in [-0.25, -0.2) is 0 Å². The highest BCUT2D eigenvalue weighted by atomic mass is 16.5. The number of hydrogen-bond acceptors (Lipinski definition) is 4. The molecule has 1 atom stereocenters. The molecule has 0 aromatic heterocycles. The van der Waals surface area contributed by atoms with E-state index in [-0.39, 0.29) is 18.4 Å². The van der Waals surface area contributed by atoms with Crippen molar-refractivity contribution in [3.8, 4) is 11.5 Å². The maximum Gasteiger partial charge on any atom is 0.265 e. The lowest BCUT2D eigenvalue weighted by Crippen LogP contribution is -2.31. The molecule has 27 heavy (non-hydrogen) atoms. The number of anilines is 2. The minimum Gasteiger partial charge on any atom is -0.482 e. The van der Waals surface area contributed by atoms with Crippen molar-refractivity contribution in [2.75, 3.05) is 17.2 Å². The number of amides is 2. The number of ether oxygens (including phenoxy) is 2. The zero-order valence-corrected chi connectivity index (χ0v) is 16.0. The zero-order valence-electron chi connectivity index (χ0n) is 16.0. The maximum atomic E-state index is 12.6. The first kappa shape index (κ1) is 18.8. The molecule has 0 saturated heterocycles. The second-order valence-electron chi connectivity index (χ2n) is 6.99. The highest BCUT2D eigenvalue weighted by Crippen LogP contribution is 2.31. The fourth-order valence-corrected chi connectivity index (χ4v) is 2.87. The van der Waals surface area contributed by atoms with E-state index in [9.17, 15) is 9.59 Å². The third-order valence-corrected chi connectivity index (χ3v) is 4.34. The summed E-state index contributed by atoms with van der Waals surface area (Å²) in [5, 5.41) is 5.54. The van der Waals surface area contributed by atoms with Crippen molar-refractivity contribution in [1.82, 2.24) is 0 Å². The second kappa shape index (κ2) is 7.70. The molecule has 0 aliphatic carbocycles. The molecule has 6 nitrogen and oxygen atoms in total. The first-order valence-electron chi connectivity index (χ1n) is 8.98. The number of hydrogen-bond donors (Lipinski definition) is 2. The molecule has 1 aliphatic heterocycles. The molecule has 2 amide bonds. The van der Waals surface area contributed by atoms with Gasteiger partial charge in [0.15, 0.2) is 12.7 Å². The summed E-state index contributed by atoms with van der Waals surface area (Å²) in [5.74, 6) is 1.11. The molecule has 0 bridgehead atoms. The molecule has 2 aromatic carbocycles. The maximum absolute atomic E-state index is 12.6. The summed E-state index contributed by atoms with van der Waals surface area (Å²) in [6.45, 7) is 7.88. The molecule has 1 aliphatic rings. The Kier molecular flexibility index (Phi) is 5.35. The number of carbonyl (C=O) groups excluding carboxylic acids is 2. The standard InChI is InChI=1S/C21H24N2O4/c1-12(2)16-7-5-13(3)9-19(16)27-14(4)21(25)22-15-6-8-18-17(10-15)23-20(24)11-26-18/h5-10,12,14H,11H2,1-4H3,(H,22,25)(H,23,24). The summed E-state index contributed by atoms with van der Waals surface area (Å²) in [6.07, 6.45) is -0.675. The van der Waals surface area contributed by atoms with Gasteiger partial charge in [-0.05, 0) is 55.2 Å². The Balaban J connectivity index is 1.71. The van der Waals surface area contributed by atoms with Crippen molar-refractivity contribution < 1.29 is 19.1 Å². The van der Waals surface area contributed by atoms with E-state index in [1.165, 1.54) is 0 Å². The number of fused-ring (bicyclic) bond motifs is 1. The topological polar surface area (TPSA) is 76.7 Å². The number of nitrogens with one attached hydrogen (secondary N) is 2. The van der Waals surface area contributed by atoms with E-state index in [4.69, 9.17) is 9.47 Å². The van der Waals surface area contributed by atoms with Gasteiger partial charge in [-0.2, -0.15) is 0 Å². The monoisotopic (exact) mass is 368 g/mol. The van der Waals surface area contributed by atoms with Crippen LogP contribution in [0.4, 0.5) is 11.4 Å². The second-order valence-corrected chi connectivity index (χ2v) is 6.99. The van der Waals surface area contributed by atoms with E-state index in [1.54, 1.807) is 25.1 Å². The lowest BCUT2D eigenvalue weighted by atomic mass is 10.0. The van der Waals surface area contributed by atoms with Crippen molar-refractivity contribution >= 4 is 23.2 Å². The minimum atomic E-state index is -0.675. The number of carbonyl (C=O) groups is 2. The van der Waals surface area contributed by atoms with E-state index >= 15 is 0 Å². The molecule has 0 radical (unpaired) electrons. The smallest absolute Gasteiger partial charge is 0.265 e. The predicted molar refractivity (Wildman–Crippen MR) is 105 cm³/mol. The molecule has 2 N–H and O–H groups in total. The number of benzene rings is 2. The average molecular weight is 368 g/mol. The summed E-state index contributed by atoms with van der Waals surface area (Å²) in [4.78, 5) is 24.0. The molecule has 2 aromatic rings. The first-order valence-corrected chi connectivity index (χ1v) is 8.98. The van der Waals surface area contributed by atoms with Gasteiger partial charge in [0.1, 0.15) is 11.5 Å². The predicted octanol–water partition coefficient (Wildman–Crippen LogP) is 3.86. The van der Waals surface area contributed by atoms with Crippen molar-refractivity contribution in [3.63, 3.8) is 0 Å². The molecule has 3 rings (SSSR count). The lowest BCUT2D eigenvalue weighted by molar-refractivity contribution is -0.122. The van der Waals surface area contributed by atoms with Gasteiger partial charge in [-0.1, -0.05) is 26.0 Å². The summed E-state index contributed by atoms with van der Waals surface area (Å²) in [7, 11) is 0. The Morgan fingerprint density at radius 2 is 1.96 bits per heavy atom.